The average molecular weight is 401 g/mol. The molecule has 0 aliphatic rings. The van der Waals surface area contributed by atoms with Gasteiger partial charge in [-0.2, -0.15) is 0 Å². The lowest BCUT2D eigenvalue weighted by atomic mass is 10.0. The zero-order valence-electron chi connectivity index (χ0n) is 16.0. The Morgan fingerprint density at radius 3 is 2.28 bits per heavy atom. The van der Waals surface area contributed by atoms with Crippen molar-refractivity contribution in [3.63, 3.8) is 0 Å². The Bertz CT molecular complexity index is 1090. The second-order valence-corrected chi connectivity index (χ2v) is 7.49. The van der Waals surface area contributed by atoms with Crippen LogP contribution in [0.5, 0.6) is 5.75 Å². The number of ether oxygens (including phenoxy) is 1. The second kappa shape index (κ2) is 8.71. The first-order chi connectivity index (χ1) is 14.2. The molecule has 5 heteroatoms. The Morgan fingerprint density at radius 2 is 1.55 bits per heavy atom. The first kappa shape index (κ1) is 18.9. The number of hydrogen-bond donors (Lipinski definition) is 1. The summed E-state index contributed by atoms with van der Waals surface area (Å²) in [4.78, 5) is 16.7. The molecule has 1 aromatic heterocycles. The van der Waals surface area contributed by atoms with E-state index >= 15 is 0 Å². The third-order valence-electron chi connectivity index (χ3n) is 4.43. The number of aryl methyl sites for hydroxylation is 1. The van der Waals surface area contributed by atoms with E-state index in [4.69, 9.17) is 4.74 Å². The normalized spacial score (nSPS) is 10.5. The molecule has 0 spiro atoms. The Kier molecular flexibility index (Phi) is 5.68. The van der Waals surface area contributed by atoms with E-state index in [2.05, 4.69) is 34.6 Å². The Balaban J connectivity index is 1.36. The highest BCUT2D eigenvalue weighted by atomic mass is 32.1. The molecular weight excluding hydrogens is 380 g/mol. The number of carbonyl (C=O) groups is 1. The number of nitrogens with zero attached hydrogens (tertiary/aromatic N) is 1. The molecule has 0 saturated heterocycles. The van der Waals surface area contributed by atoms with Gasteiger partial charge in [-0.25, -0.2) is 4.98 Å². The van der Waals surface area contributed by atoms with Gasteiger partial charge in [0.25, 0.3) is 5.91 Å². The zero-order chi connectivity index (χ0) is 20.1. The van der Waals surface area contributed by atoms with Gasteiger partial charge in [0.15, 0.2) is 11.7 Å². The molecule has 29 heavy (non-hydrogen) atoms. The van der Waals surface area contributed by atoms with Crippen molar-refractivity contribution in [3.05, 3.63) is 89.8 Å². The summed E-state index contributed by atoms with van der Waals surface area (Å²) in [6.45, 7) is 1.95. The highest BCUT2D eigenvalue weighted by molar-refractivity contribution is 7.14. The molecule has 3 aromatic carbocycles. The summed E-state index contributed by atoms with van der Waals surface area (Å²) >= 11 is 1.40. The first-order valence-corrected chi connectivity index (χ1v) is 10.2. The fourth-order valence-corrected chi connectivity index (χ4v) is 3.60. The number of thiazole rings is 1. The van der Waals surface area contributed by atoms with Crippen molar-refractivity contribution in [1.82, 2.24) is 4.98 Å². The summed E-state index contributed by atoms with van der Waals surface area (Å²) in [6.07, 6.45) is 0. The summed E-state index contributed by atoms with van der Waals surface area (Å²) in [6, 6.07) is 26.1. The monoisotopic (exact) mass is 400 g/mol. The topological polar surface area (TPSA) is 51.2 Å². The minimum Gasteiger partial charge on any atom is -0.484 e. The predicted molar refractivity (Wildman–Crippen MR) is 118 cm³/mol. The van der Waals surface area contributed by atoms with Gasteiger partial charge in [0.2, 0.25) is 0 Å². The molecule has 1 amide bonds. The Morgan fingerprint density at radius 1 is 0.897 bits per heavy atom. The van der Waals surface area contributed by atoms with Crippen LogP contribution in [0.4, 0.5) is 5.13 Å². The molecule has 1 heterocycles. The maximum Gasteiger partial charge on any atom is 0.264 e. The van der Waals surface area contributed by atoms with E-state index in [9.17, 15) is 4.79 Å². The third-order valence-corrected chi connectivity index (χ3v) is 5.19. The molecule has 144 valence electrons. The van der Waals surface area contributed by atoms with Gasteiger partial charge in [-0.15, -0.1) is 11.3 Å². The minimum absolute atomic E-state index is 0.0518. The second-order valence-electron chi connectivity index (χ2n) is 6.63. The van der Waals surface area contributed by atoms with Gasteiger partial charge in [0.05, 0.1) is 5.69 Å². The van der Waals surface area contributed by atoms with Crippen LogP contribution in [0.1, 0.15) is 5.56 Å². The van der Waals surface area contributed by atoms with Crippen LogP contribution in [0.25, 0.3) is 22.4 Å². The Labute approximate surface area is 173 Å². The smallest absolute Gasteiger partial charge is 0.264 e. The number of nitrogens with one attached hydrogen (secondary N) is 1. The van der Waals surface area contributed by atoms with E-state index in [-0.39, 0.29) is 12.5 Å². The molecule has 4 nitrogen and oxygen atoms in total. The van der Waals surface area contributed by atoms with Crippen molar-refractivity contribution in [2.75, 3.05) is 11.9 Å². The third kappa shape index (κ3) is 4.89. The zero-order valence-corrected chi connectivity index (χ0v) is 16.8. The van der Waals surface area contributed by atoms with Gasteiger partial charge in [0, 0.05) is 10.9 Å². The molecule has 0 unspecified atom stereocenters. The molecule has 0 radical (unpaired) electrons. The molecule has 0 fully saturated rings. The number of amides is 1. The van der Waals surface area contributed by atoms with E-state index in [0.717, 1.165) is 22.4 Å². The molecule has 0 bridgehead atoms. The molecule has 4 aromatic rings. The largest absolute Gasteiger partial charge is 0.484 e. The quantitative estimate of drug-likeness (QED) is 0.445. The van der Waals surface area contributed by atoms with Crippen LogP contribution in [0.15, 0.2) is 84.2 Å². The molecule has 0 atom stereocenters. The number of aromatic nitrogens is 1. The van der Waals surface area contributed by atoms with Gasteiger partial charge in [-0.05, 0) is 30.2 Å². The van der Waals surface area contributed by atoms with Crippen molar-refractivity contribution in [2.45, 2.75) is 6.92 Å². The standard InChI is InChI=1S/C24H20N2O2S/c1-17-7-13-21(14-8-17)28-15-23(27)26-24-25-22(16-29-24)20-11-9-19(10-12-20)18-5-3-2-4-6-18/h2-14,16H,15H2,1H3,(H,25,26,27). The van der Waals surface area contributed by atoms with Crippen LogP contribution in [0.3, 0.4) is 0 Å². The van der Waals surface area contributed by atoms with Crippen molar-refractivity contribution in [2.24, 2.45) is 0 Å². The van der Waals surface area contributed by atoms with E-state index in [0.29, 0.717) is 10.9 Å². The van der Waals surface area contributed by atoms with Gasteiger partial charge in [-0.1, -0.05) is 72.3 Å². The van der Waals surface area contributed by atoms with Crippen molar-refractivity contribution in [3.8, 4) is 28.1 Å². The highest BCUT2D eigenvalue weighted by Crippen LogP contribution is 2.27. The van der Waals surface area contributed by atoms with Crippen LogP contribution in [-0.4, -0.2) is 17.5 Å². The lowest BCUT2D eigenvalue weighted by Crippen LogP contribution is -2.20. The number of carbonyl (C=O) groups excluding carboxylic acids is 1. The van der Waals surface area contributed by atoms with E-state index in [1.54, 1.807) is 0 Å². The van der Waals surface area contributed by atoms with Crippen LogP contribution in [0, 0.1) is 6.92 Å². The van der Waals surface area contributed by atoms with Gasteiger partial charge in [0.1, 0.15) is 5.75 Å². The van der Waals surface area contributed by atoms with Crippen molar-refractivity contribution >= 4 is 22.4 Å². The maximum atomic E-state index is 12.1. The van der Waals surface area contributed by atoms with Crippen molar-refractivity contribution in [1.29, 1.82) is 0 Å². The van der Waals surface area contributed by atoms with Gasteiger partial charge >= 0.3 is 0 Å². The number of rotatable bonds is 6. The first-order valence-electron chi connectivity index (χ1n) is 9.28. The van der Waals surface area contributed by atoms with Crippen LogP contribution in [0.2, 0.25) is 0 Å². The van der Waals surface area contributed by atoms with Crippen LogP contribution < -0.4 is 10.1 Å². The highest BCUT2D eigenvalue weighted by Gasteiger charge is 2.09. The fraction of sp³-hybridized carbons (Fsp3) is 0.0833. The SMILES string of the molecule is Cc1ccc(OCC(=O)Nc2nc(-c3ccc(-c4ccccc4)cc3)cs2)cc1. The molecule has 1 N–H and O–H groups in total. The van der Waals surface area contributed by atoms with E-state index in [1.807, 2.05) is 66.9 Å². The average Bonchev–Trinajstić information content (AvgIpc) is 3.22. The van der Waals surface area contributed by atoms with Crippen LogP contribution in [-0.2, 0) is 4.79 Å². The van der Waals surface area contributed by atoms with Gasteiger partial charge < -0.3 is 4.74 Å². The summed E-state index contributed by atoms with van der Waals surface area (Å²) < 4.78 is 5.51. The van der Waals surface area contributed by atoms with Gasteiger partial charge in [-0.3, -0.25) is 10.1 Å². The maximum absolute atomic E-state index is 12.1. The summed E-state index contributed by atoms with van der Waals surface area (Å²) in [5.41, 5.74) is 5.33. The molecule has 0 aliphatic carbocycles. The Hall–Kier alpha value is -3.44. The molecule has 0 saturated carbocycles. The summed E-state index contributed by atoms with van der Waals surface area (Å²) in [5, 5.41) is 5.29. The van der Waals surface area contributed by atoms with E-state index < -0.39 is 0 Å². The molecule has 4 rings (SSSR count). The van der Waals surface area contributed by atoms with Crippen molar-refractivity contribution < 1.29 is 9.53 Å². The van der Waals surface area contributed by atoms with Crippen LogP contribution >= 0.6 is 11.3 Å². The lowest BCUT2D eigenvalue weighted by molar-refractivity contribution is -0.118. The molecule has 0 aliphatic heterocycles. The number of anilines is 1. The fourth-order valence-electron chi connectivity index (χ4n) is 2.87. The lowest BCUT2D eigenvalue weighted by Gasteiger charge is -2.06. The van der Waals surface area contributed by atoms with E-state index in [1.165, 1.54) is 16.9 Å². The predicted octanol–water partition coefficient (Wildman–Crippen LogP) is 5.80. The summed E-state index contributed by atoms with van der Waals surface area (Å²) in [7, 11) is 0. The minimum atomic E-state index is -0.231. The molecular formula is C24H20N2O2S. The summed E-state index contributed by atoms with van der Waals surface area (Å²) in [5.74, 6) is 0.440. The number of benzene rings is 3. The number of hydrogen-bond acceptors (Lipinski definition) is 4.